The Bertz CT molecular complexity index is 1530. The van der Waals surface area contributed by atoms with Crippen molar-refractivity contribution in [2.24, 2.45) is 0 Å². The number of amides is 3. The highest BCUT2D eigenvalue weighted by molar-refractivity contribution is 9.11. The van der Waals surface area contributed by atoms with Gasteiger partial charge in [-0.15, -0.1) is 11.3 Å². The van der Waals surface area contributed by atoms with Crippen LogP contribution in [0.15, 0.2) is 55.6 Å². The number of hydrazine groups is 1. The van der Waals surface area contributed by atoms with Gasteiger partial charge in [0.1, 0.15) is 0 Å². The molecule has 0 atom stereocenters. The zero-order chi connectivity index (χ0) is 29.0. The zero-order valence-corrected chi connectivity index (χ0v) is 27.1. The van der Waals surface area contributed by atoms with Crippen LogP contribution in [0.25, 0.3) is 6.08 Å². The minimum absolute atomic E-state index is 0.214. The molecule has 2 heterocycles. The first kappa shape index (κ1) is 30.3. The Labute approximate surface area is 261 Å². The molecule has 13 heteroatoms. The lowest BCUT2D eigenvalue weighted by Gasteiger charge is -2.16. The molecule has 1 aromatic heterocycles. The van der Waals surface area contributed by atoms with E-state index in [1.807, 2.05) is 32.9 Å². The summed E-state index contributed by atoms with van der Waals surface area (Å²) in [7, 11) is 0. The van der Waals surface area contributed by atoms with Crippen molar-refractivity contribution in [1.29, 1.82) is 0 Å². The highest BCUT2D eigenvalue weighted by Gasteiger charge is 2.34. The number of nitrogens with zero attached hydrogens (tertiary/aromatic N) is 1. The van der Waals surface area contributed by atoms with E-state index in [-0.39, 0.29) is 16.8 Å². The number of benzene rings is 2. The lowest BCUT2D eigenvalue weighted by Crippen LogP contribution is -2.44. The second-order valence-electron chi connectivity index (χ2n) is 8.45. The molecule has 2 N–H and O–H groups in total. The van der Waals surface area contributed by atoms with E-state index in [0.29, 0.717) is 43.6 Å². The van der Waals surface area contributed by atoms with Crippen LogP contribution in [-0.4, -0.2) is 40.3 Å². The SMILES string of the molecule is CCOc1cc(/C=C2/SC(=S)N(NC(=O)c3cccs3)C2=O)cc(Br)c1OCC(=O)Nc1cc(C)c(C)cc1Br. The van der Waals surface area contributed by atoms with E-state index in [1.54, 1.807) is 35.7 Å². The number of nitrogens with one attached hydrogen (secondary N) is 2. The maximum absolute atomic E-state index is 13.0. The number of hydrogen-bond acceptors (Lipinski definition) is 8. The van der Waals surface area contributed by atoms with Crippen LogP contribution < -0.4 is 20.2 Å². The summed E-state index contributed by atoms with van der Waals surface area (Å²) in [6.45, 7) is 5.90. The lowest BCUT2D eigenvalue weighted by molar-refractivity contribution is -0.123. The number of halogens is 2. The number of ether oxygens (including phenoxy) is 2. The summed E-state index contributed by atoms with van der Waals surface area (Å²) in [4.78, 5) is 38.9. The Morgan fingerprint density at radius 2 is 1.85 bits per heavy atom. The molecule has 0 spiro atoms. The van der Waals surface area contributed by atoms with Crippen molar-refractivity contribution >= 4 is 101 Å². The Balaban J connectivity index is 1.48. The molecule has 3 aromatic rings. The van der Waals surface area contributed by atoms with Crippen molar-refractivity contribution in [2.75, 3.05) is 18.5 Å². The van der Waals surface area contributed by atoms with Gasteiger partial charge >= 0.3 is 0 Å². The molecule has 8 nitrogen and oxygen atoms in total. The Morgan fingerprint density at radius 1 is 1.10 bits per heavy atom. The van der Waals surface area contributed by atoms with Crippen molar-refractivity contribution < 1.29 is 23.9 Å². The van der Waals surface area contributed by atoms with E-state index < -0.39 is 11.8 Å². The van der Waals surface area contributed by atoms with Gasteiger partial charge in [-0.05, 0) is 123 Å². The Morgan fingerprint density at radius 3 is 2.55 bits per heavy atom. The summed E-state index contributed by atoms with van der Waals surface area (Å²) < 4.78 is 13.1. The number of anilines is 1. The first-order chi connectivity index (χ1) is 19.1. The molecule has 0 saturated carbocycles. The quantitative estimate of drug-likeness (QED) is 0.184. The molecule has 0 aliphatic carbocycles. The average molecular weight is 726 g/mol. The van der Waals surface area contributed by atoms with Gasteiger partial charge in [0.2, 0.25) is 0 Å². The average Bonchev–Trinajstić information content (AvgIpc) is 3.52. The highest BCUT2D eigenvalue weighted by Crippen LogP contribution is 2.39. The van der Waals surface area contributed by atoms with Crippen LogP contribution >= 0.6 is 67.2 Å². The van der Waals surface area contributed by atoms with Crippen molar-refractivity contribution in [2.45, 2.75) is 20.8 Å². The summed E-state index contributed by atoms with van der Waals surface area (Å²) in [5.74, 6) is -0.447. The van der Waals surface area contributed by atoms with Crippen LogP contribution in [0.3, 0.4) is 0 Å². The van der Waals surface area contributed by atoms with Gasteiger partial charge in [-0.3, -0.25) is 19.8 Å². The molecule has 1 fully saturated rings. The van der Waals surface area contributed by atoms with Gasteiger partial charge < -0.3 is 14.8 Å². The highest BCUT2D eigenvalue weighted by atomic mass is 79.9. The molecular formula is C27H23Br2N3O5S3. The van der Waals surface area contributed by atoms with Gasteiger partial charge in [-0.25, -0.2) is 0 Å². The van der Waals surface area contributed by atoms with Crippen molar-refractivity contribution in [3.05, 3.63) is 77.2 Å². The smallest absolute Gasteiger partial charge is 0.285 e. The van der Waals surface area contributed by atoms with E-state index in [0.717, 1.165) is 32.4 Å². The largest absolute Gasteiger partial charge is 0.490 e. The van der Waals surface area contributed by atoms with Gasteiger partial charge in [0.25, 0.3) is 17.7 Å². The Kier molecular flexibility index (Phi) is 10.1. The number of carbonyl (C=O) groups excluding carboxylic acids is 3. The fraction of sp³-hybridized carbons (Fsp3) is 0.185. The molecule has 1 aliphatic heterocycles. The minimum atomic E-state index is -0.441. The summed E-state index contributed by atoms with van der Waals surface area (Å²) in [5, 5.41) is 5.69. The third-order valence-electron chi connectivity index (χ3n) is 5.59. The van der Waals surface area contributed by atoms with Crippen molar-refractivity contribution in [1.82, 2.24) is 10.4 Å². The summed E-state index contributed by atoms with van der Waals surface area (Å²) in [6, 6.07) is 10.7. The standard InChI is InChI=1S/C27H23Br2N3O5S3/c1-4-36-20-11-16(12-22-26(35)32(27(38)40-22)31-25(34)21-6-5-7-39-21)10-18(29)24(20)37-13-23(33)30-19-9-15(3)14(2)8-17(19)28/h5-12H,4,13H2,1-3H3,(H,30,33)(H,31,34)/b22-12+. The number of aryl methyl sites for hydroxylation is 2. The number of thiophene rings is 1. The van der Waals surface area contributed by atoms with Crippen LogP contribution in [0.1, 0.15) is 33.3 Å². The van der Waals surface area contributed by atoms with Crippen LogP contribution in [0.5, 0.6) is 11.5 Å². The van der Waals surface area contributed by atoms with Gasteiger partial charge in [-0.1, -0.05) is 17.8 Å². The number of thioether (sulfide) groups is 1. The predicted molar refractivity (Wildman–Crippen MR) is 170 cm³/mol. The van der Waals surface area contributed by atoms with Gasteiger partial charge in [-0.2, -0.15) is 5.01 Å². The predicted octanol–water partition coefficient (Wildman–Crippen LogP) is 6.85. The minimum Gasteiger partial charge on any atom is -0.490 e. The van der Waals surface area contributed by atoms with E-state index in [9.17, 15) is 14.4 Å². The summed E-state index contributed by atoms with van der Waals surface area (Å²) in [5.41, 5.74) is 6.01. The molecule has 0 bridgehead atoms. The van der Waals surface area contributed by atoms with Crippen LogP contribution in [0.2, 0.25) is 0 Å². The normalized spacial score (nSPS) is 14.0. The first-order valence-corrected chi connectivity index (χ1v) is 15.5. The molecule has 40 heavy (non-hydrogen) atoms. The zero-order valence-electron chi connectivity index (χ0n) is 21.5. The molecule has 4 rings (SSSR count). The molecule has 208 valence electrons. The van der Waals surface area contributed by atoms with Crippen molar-refractivity contribution in [3.63, 3.8) is 0 Å². The number of carbonyl (C=O) groups is 3. The van der Waals surface area contributed by atoms with Gasteiger partial charge in [0.05, 0.1) is 26.5 Å². The molecule has 1 aliphatic rings. The molecule has 0 radical (unpaired) electrons. The van der Waals surface area contributed by atoms with Crippen LogP contribution in [0, 0.1) is 13.8 Å². The summed E-state index contributed by atoms with van der Waals surface area (Å²) in [6.07, 6.45) is 1.65. The third kappa shape index (κ3) is 7.13. The number of thiocarbonyl (C=S) groups is 1. The lowest BCUT2D eigenvalue weighted by atomic mass is 10.1. The van der Waals surface area contributed by atoms with Crippen molar-refractivity contribution in [3.8, 4) is 11.5 Å². The summed E-state index contributed by atoms with van der Waals surface area (Å²) >= 11 is 14.6. The van der Waals surface area contributed by atoms with Crippen LogP contribution in [-0.2, 0) is 9.59 Å². The maximum atomic E-state index is 13.0. The van der Waals surface area contributed by atoms with E-state index in [2.05, 4.69) is 42.6 Å². The molecule has 3 amide bonds. The van der Waals surface area contributed by atoms with E-state index >= 15 is 0 Å². The number of rotatable bonds is 9. The van der Waals surface area contributed by atoms with E-state index in [4.69, 9.17) is 21.7 Å². The van der Waals surface area contributed by atoms with Gasteiger partial charge in [0.15, 0.2) is 22.4 Å². The molecule has 0 unspecified atom stereocenters. The Hall–Kier alpha value is -2.71. The fourth-order valence-corrected chi connectivity index (χ4v) is 6.48. The third-order valence-corrected chi connectivity index (χ3v) is 9.00. The monoisotopic (exact) mass is 723 g/mol. The number of hydrogen-bond donors (Lipinski definition) is 2. The molecular weight excluding hydrogens is 702 g/mol. The van der Waals surface area contributed by atoms with Gasteiger partial charge in [0, 0.05) is 4.47 Å². The second-order valence-corrected chi connectivity index (χ2v) is 12.8. The maximum Gasteiger partial charge on any atom is 0.285 e. The van der Waals surface area contributed by atoms with Crippen LogP contribution in [0.4, 0.5) is 5.69 Å². The second kappa shape index (κ2) is 13.3. The molecule has 2 aromatic carbocycles. The first-order valence-electron chi connectivity index (χ1n) is 11.9. The topological polar surface area (TPSA) is 97.0 Å². The molecule has 1 saturated heterocycles. The van der Waals surface area contributed by atoms with E-state index in [1.165, 1.54) is 11.3 Å². The fourth-order valence-electron chi connectivity index (χ4n) is 3.55.